The Morgan fingerprint density at radius 1 is 0.731 bits per heavy atom. The third-order valence-electron chi connectivity index (χ3n) is 3.99. The van der Waals surface area contributed by atoms with Crippen LogP contribution in [0.5, 0.6) is 0 Å². The first kappa shape index (κ1) is 19.2. The minimum absolute atomic E-state index is 0.342. The highest BCUT2D eigenvalue weighted by Gasteiger charge is 2.26. The van der Waals surface area contributed by atoms with Crippen LogP contribution in [0.15, 0.2) is 60.7 Å². The first-order chi connectivity index (χ1) is 12.4. The number of amides is 2. The fourth-order valence-electron chi connectivity index (χ4n) is 2.55. The lowest BCUT2D eigenvalue weighted by molar-refractivity contribution is -0.307. The molecule has 0 heterocycles. The normalized spacial score (nSPS) is 12.9. The van der Waals surface area contributed by atoms with Crippen molar-refractivity contribution in [3.63, 3.8) is 0 Å². The van der Waals surface area contributed by atoms with E-state index in [1.165, 1.54) is 13.8 Å². The molecule has 2 rings (SSSR count). The van der Waals surface area contributed by atoms with Gasteiger partial charge in [-0.2, -0.15) is 0 Å². The van der Waals surface area contributed by atoms with Crippen molar-refractivity contribution in [2.24, 2.45) is 0 Å². The molecule has 0 aliphatic rings. The summed E-state index contributed by atoms with van der Waals surface area (Å²) in [7, 11) is 0. The quantitative estimate of drug-likeness (QED) is 0.761. The molecule has 0 unspecified atom stereocenters. The molecule has 0 bridgehead atoms. The minimum atomic E-state index is -1.39. The van der Waals surface area contributed by atoms with E-state index < -0.39 is 29.9 Å². The summed E-state index contributed by atoms with van der Waals surface area (Å²) < 4.78 is 0. The van der Waals surface area contributed by atoms with Gasteiger partial charge >= 0.3 is 0 Å². The molecule has 0 aromatic heterocycles. The zero-order chi connectivity index (χ0) is 19.1. The smallest absolute Gasteiger partial charge is 0.242 e. The Balaban J connectivity index is 2.17. The highest BCUT2D eigenvalue weighted by Crippen LogP contribution is 2.24. The zero-order valence-electron chi connectivity index (χ0n) is 14.6. The Labute approximate surface area is 152 Å². The van der Waals surface area contributed by atoms with Gasteiger partial charge in [-0.1, -0.05) is 60.7 Å². The Morgan fingerprint density at radius 2 is 1.15 bits per heavy atom. The van der Waals surface area contributed by atoms with Gasteiger partial charge in [-0.05, 0) is 25.0 Å². The summed E-state index contributed by atoms with van der Waals surface area (Å²) in [5.41, 5.74) is 1.60. The van der Waals surface area contributed by atoms with Gasteiger partial charge in [0.25, 0.3) is 0 Å². The summed E-state index contributed by atoms with van der Waals surface area (Å²) in [6.45, 7) is 2.81. The van der Waals surface area contributed by atoms with Crippen molar-refractivity contribution < 1.29 is 19.5 Å². The van der Waals surface area contributed by atoms with Crippen LogP contribution in [0.3, 0.4) is 0 Å². The number of carboxylic acid groups (broad SMARTS) is 1. The van der Waals surface area contributed by atoms with Crippen molar-refractivity contribution in [2.45, 2.75) is 31.8 Å². The molecule has 2 amide bonds. The SMILES string of the molecule is C[C@H](NC(=O)[C@H](C)NC(=O)C(c1ccccc1)c1ccccc1)C(=O)[O-]. The molecule has 26 heavy (non-hydrogen) atoms. The van der Waals surface area contributed by atoms with E-state index in [4.69, 9.17) is 0 Å². The third kappa shape index (κ3) is 4.92. The second-order valence-corrected chi connectivity index (χ2v) is 6.03. The number of benzene rings is 2. The van der Waals surface area contributed by atoms with E-state index in [1.54, 1.807) is 0 Å². The van der Waals surface area contributed by atoms with E-state index in [-0.39, 0.29) is 5.91 Å². The molecule has 0 saturated heterocycles. The molecule has 2 aromatic rings. The molecular weight excluding hydrogens is 332 g/mol. The maximum atomic E-state index is 12.9. The zero-order valence-corrected chi connectivity index (χ0v) is 14.6. The number of hydrogen-bond acceptors (Lipinski definition) is 4. The number of carbonyl (C=O) groups excluding carboxylic acids is 3. The van der Waals surface area contributed by atoms with Gasteiger partial charge in [-0.15, -0.1) is 0 Å². The summed E-state index contributed by atoms with van der Waals surface area (Å²) in [5.74, 6) is -2.89. The van der Waals surface area contributed by atoms with Crippen molar-refractivity contribution in [3.05, 3.63) is 71.8 Å². The molecule has 2 N–H and O–H groups in total. The molecule has 2 aromatic carbocycles. The number of aliphatic carboxylic acids is 1. The number of carbonyl (C=O) groups is 3. The molecule has 0 saturated carbocycles. The molecule has 0 aliphatic heterocycles. The molecule has 0 aliphatic carbocycles. The molecule has 0 spiro atoms. The van der Waals surface area contributed by atoms with Crippen LogP contribution < -0.4 is 15.7 Å². The van der Waals surface area contributed by atoms with Gasteiger partial charge in [0, 0.05) is 0 Å². The van der Waals surface area contributed by atoms with Crippen LogP contribution in [0.1, 0.15) is 30.9 Å². The first-order valence-corrected chi connectivity index (χ1v) is 8.31. The van der Waals surface area contributed by atoms with Gasteiger partial charge in [0.05, 0.1) is 17.9 Å². The first-order valence-electron chi connectivity index (χ1n) is 8.31. The van der Waals surface area contributed by atoms with Gasteiger partial charge in [-0.25, -0.2) is 0 Å². The van der Waals surface area contributed by atoms with E-state index >= 15 is 0 Å². The standard InChI is InChI=1S/C20H22N2O4/c1-13(18(23)22-14(2)20(25)26)21-19(24)17(15-9-5-3-6-10-15)16-11-7-4-8-12-16/h3-14,17H,1-2H3,(H,21,24)(H,22,23)(H,25,26)/p-1/t13-,14-/m0/s1. The molecule has 6 heteroatoms. The number of hydrogen-bond donors (Lipinski definition) is 2. The average molecular weight is 353 g/mol. The summed E-state index contributed by atoms with van der Waals surface area (Å²) in [5, 5.41) is 15.7. The molecular formula is C20H21N2O4-. The van der Waals surface area contributed by atoms with Gasteiger partial charge in [0.1, 0.15) is 6.04 Å². The van der Waals surface area contributed by atoms with Crippen molar-refractivity contribution in [2.75, 3.05) is 0 Å². The van der Waals surface area contributed by atoms with E-state index in [0.717, 1.165) is 11.1 Å². The highest BCUT2D eigenvalue weighted by molar-refractivity contribution is 5.93. The number of carboxylic acids is 1. The lowest BCUT2D eigenvalue weighted by atomic mass is 9.90. The predicted octanol–water partition coefficient (Wildman–Crippen LogP) is 0.578. The van der Waals surface area contributed by atoms with Crippen LogP contribution in [-0.2, 0) is 14.4 Å². The number of nitrogens with one attached hydrogen (secondary N) is 2. The van der Waals surface area contributed by atoms with Gasteiger partial charge in [0.2, 0.25) is 11.8 Å². The lowest BCUT2D eigenvalue weighted by Gasteiger charge is -2.22. The summed E-state index contributed by atoms with van der Waals surface area (Å²) in [6.07, 6.45) is 0. The van der Waals surface area contributed by atoms with Crippen molar-refractivity contribution >= 4 is 17.8 Å². The van der Waals surface area contributed by atoms with Gasteiger partial charge in [0.15, 0.2) is 0 Å². The van der Waals surface area contributed by atoms with Crippen molar-refractivity contribution in [3.8, 4) is 0 Å². The van der Waals surface area contributed by atoms with Crippen LogP contribution in [0.4, 0.5) is 0 Å². The maximum Gasteiger partial charge on any atom is 0.242 e. The van der Waals surface area contributed by atoms with Crippen LogP contribution in [-0.4, -0.2) is 29.9 Å². The van der Waals surface area contributed by atoms with Crippen LogP contribution in [0.25, 0.3) is 0 Å². The summed E-state index contributed by atoms with van der Waals surface area (Å²) >= 11 is 0. The monoisotopic (exact) mass is 353 g/mol. The van der Waals surface area contributed by atoms with Crippen molar-refractivity contribution in [1.82, 2.24) is 10.6 Å². The highest BCUT2D eigenvalue weighted by atomic mass is 16.4. The maximum absolute atomic E-state index is 12.9. The minimum Gasteiger partial charge on any atom is -0.548 e. The van der Waals surface area contributed by atoms with E-state index in [2.05, 4.69) is 10.6 Å². The van der Waals surface area contributed by atoms with E-state index in [1.807, 2.05) is 60.7 Å². The Morgan fingerprint density at radius 3 is 1.58 bits per heavy atom. The average Bonchev–Trinajstić information content (AvgIpc) is 2.63. The van der Waals surface area contributed by atoms with E-state index in [9.17, 15) is 19.5 Å². The molecule has 136 valence electrons. The fourth-order valence-corrected chi connectivity index (χ4v) is 2.55. The Hall–Kier alpha value is -3.15. The van der Waals surface area contributed by atoms with Crippen LogP contribution in [0, 0.1) is 0 Å². The van der Waals surface area contributed by atoms with E-state index in [0.29, 0.717) is 0 Å². The van der Waals surface area contributed by atoms with Gasteiger partial charge < -0.3 is 20.5 Å². The van der Waals surface area contributed by atoms with Crippen molar-refractivity contribution in [1.29, 1.82) is 0 Å². The molecule has 0 radical (unpaired) electrons. The Kier molecular flexibility index (Phi) is 6.49. The van der Waals surface area contributed by atoms with Crippen LogP contribution in [0.2, 0.25) is 0 Å². The summed E-state index contributed by atoms with van der Waals surface area (Å²) in [4.78, 5) is 35.7. The second-order valence-electron chi connectivity index (χ2n) is 6.03. The second kappa shape index (κ2) is 8.80. The largest absolute Gasteiger partial charge is 0.548 e. The fraction of sp³-hybridized carbons (Fsp3) is 0.250. The van der Waals surface area contributed by atoms with Crippen LogP contribution >= 0.6 is 0 Å². The Bertz CT molecular complexity index is 722. The van der Waals surface area contributed by atoms with Gasteiger partial charge in [-0.3, -0.25) is 9.59 Å². The number of rotatable bonds is 7. The molecule has 2 atom stereocenters. The third-order valence-corrected chi connectivity index (χ3v) is 3.99. The lowest BCUT2D eigenvalue weighted by Crippen LogP contribution is -2.52. The molecule has 6 nitrogen and oxygen atoms in total. The predicted molar refractivity (Wildman–Crippen MR) is 94.9 cm³/mol. The summed E-state index contributed by atoms with van der Waals surface area (Å²) in [6, 6.07) is 16.5. The molecule has 0 fully saturated rings. The topological polar surface area (TPSA) is 98.3 Å².